The lowest BCUT2D eigenvalue weighted by atomic mass is 9.96. The van der Waals surface area contributed by atoms with Crippen molar-refractivity contribution in [2.75, 3.05) is 13.2 Å². The van der Waals surface area contributed by atoms with Crippen LogP contribution in [0.1, 0.15) is 12.5 Å². The van der Waals surface area contributed by atoms with Crippen molar-refractivity contribution in [2.45, 2.75) is 43.7 Å². The van der Waals surface area contributed by atoms with Gasteiger partial charge in [0.1, 0.15) is 30.0 Å². The molecule has 0 unspecified atom stereocenters. The number of benzene rings is 1. The Kier molecular flexibility index (Phi) is 10.2. The normalized spacial score (nSPS) is 15.8. The molecule has 1 aromatic rings. The van der Waals surface area contributed by atoms with Crippen LogP contribution in [0.25, 0.3) is 0 Å². The van der Waals surface area contributed by atoms with Crippen LogP contribution in [0.5, 0.6) is 5.75 Å². The fraction of sp³-hybridized carbons (Fsp3) is 0.474. The van der Waals surface area contributed by atoms with E-state index >= 15 is 0 Å². The van der Waals surface area contributed by atoms with Crippen LogP contribution in [0.4, 0.5) is 0 Å². The Balaban J connectivity index is 3.16. The summed E-state index contributed by atoms with van der Waals surface area (Å²) in [6.07, 6.45) is -5.86. The molecule has 1 amide bonds. The van der Waals surface area contributed by atoms with Gasteiger partial charge >= 0.3 is 5.97 Å². The molecule has 0 saturated heterocycles. The number of nitrogens with one attached hydrogen (secondary N) is 1. The first kappa shape index (κ1) is 26.1. The van der Waals surface area contributed by atoms with Gasteiger partial charge in [0.25, 0.3) is 0 Å². The number of hydrogen-bond acceptors (Lipinski definition) is 11. The highest BCUT2D eigenvalue weighted by atomic mass is 16.6. The molecule has 5 atom stereocenters. The number of carbonyl (C=O) groups is 4. The van der Waals surface area contributed by atoms with Gasteiger partial charge in [-0.1, -0.05) is 12.1 Å². The molecule has 1 aromatic carbocycles. The number of ether oxygens (including phenoxy) is 1. The Morgan fingerprint density at radius 3 is 2.19 bits per heavy atom. The van der Waals surface area contributed by atoms with Gasteiger partial charge in [-0.15, -0.1) is 0 Å². The van der Waals surface area contributed by atoms with E-state index in [9.17, 15) is 34.5 Å². The summed E-state index contributed by atoms with van der Waals surface area (Å²) in [5.74, 6) is -4.03. The monoisotopic (exact) mass is 441 g/mol. The number of aromatic hydroxyl groups is 1. The lowest BCUT2D eigenvalue weighted by Gasteiger charge is -2.30. The highest BCUT2D eigenvalue weighted by molar-refractivity contribution is 6.38. The van der Waals surface area contributed by atoms with E-state index in [0.29, 0.717) is 5.56 Å². The standard InChI is InChI=1S/C19H27N3O9/c1-9(24)16(28)15(21)18(17(29)13(26)8-23)31-19(30)12(22-14(27)7-20)6-10-2-4-11(25)5-3-10/h2-5,12-13,15,17-18,23,25-26,29H,6-8,20-21H2,1H3,(H,22,27)/t12-,13+,15-,17-,18+/m0/s1. The molecule has 31 heavy (non-hydrogen) atoms. The minimum absolute atomic E-state index is 0.0243. The summed E-state index contributed by atoms with van der Waals surface area (Å²) in [4.78, 5) is 47.8. The molecule has 0 fully saturated rings. The number of rotatable bonds is 12. The third-order valence-corrected chi connectivity index (χ3v) is 4.36. The first-order valence-corrected chi connectivity index (χ1v) is 9.27. The van der Waals surface area contributed by atoms with Gasteiger partial charge in [-0.2, -0.15) is 0 Å². The second kappa shape index (κ2) is 12.1. The van der Waals surface area contributed by atoms with Gasteiger partial charge in [0.05, 0.1) is 13.2 Å². The van der Waals surface area contributed by atoms with E-state index in [1.54, 1.807) is 0 Å². The summed E-state index contributed by atoms with van der Waals surface area (Å²) in [5.41, 5.74) is 11.4. The molecule has 0 heterocycles. The number of nitrogens with two attached hydrogens (primary N) is 2. The van der Waals surface area contributed by atoms with Gasteiger partial charge in [-0.05, 0) is 17.7 Å². The molecule has 12 nitrogen and oxygen atoms in total. The van der Waals surface area contributed by atoms with Crippen molar-refractivity contribution < 1.29 is 44.3 Å². The van der Waals surface area contributed by atoms with Gasteiger partial charge in [0, 0.05) is 13.3 Å². The molecule has 1 rings (SSSR count). The van der Waals surface area contributed by atoms with Crippen molar-refractivity contribution in [2.24, 2.45) is 11.5 Å². The smallest absolute Gasteiger partial charge is 0.329 e. The van der Waals surface area contributed by atoms with E-state index in [0.717, 1.165) is 6.92 Å². The molecule has 0 spiro atoms. The molecule has 0 aliphatic carbocycles. The van der Waals surface area contributed by atoms with E-state index in [2.05, 4.69) is 5.32 Å². The van der Waals surface area contributed by atoms with Crippen LogP contribution in [0.3, 0.4) is 0 Å². The van der Waals surface area contributed by atoms with E-state index in [4.69, 9.17) is 21.3 Å². The summed E-state index contributed by atoms with van der Waals surface area (Å²) in [6, 6.07) is 2.49. The maximum Gasteiger partial charge on any atom is 0.329 e. The van der Waals surface area contributed by atoms with Gasteiger partial charge in [0.2, 0.25) is 11.7 Å². The number of hydrogen-bond donors (Lipinski definition) is 7. The van der Waals surface area contributed by atoms with Gasteiger partial charge < -0.3 is 41.9 Å². The third-order valence-electron chi connectivity index (χ3n) is 4.36. The van der Waals surface area contributed by atoms with Crippen LogP contribution in [0.15, 0.2) is 24.3 Å². The zero-order chi connectivity index (χ0) is 23.7. The van der Waals surface area contributed by atoms with Gasteiger partial charge in [0.15, 0.2) is 11.9 Å². The highest BCUT2D eigenvalue weighted by Crippen LogP contribution is 2.15. The number of amides is 1. The van der Waals surface area contributed by atoms with Crippen LogP contribution in [-0.4, -0.2) is 87.4 Å². The summed E-state index contributed by atoms with van der Waals surface area (Å²) in [7, 11) is 0. The minimum Gasteiger partial charge on any atom is -0.508 e. The molecule has 0 aliphatic rings. The number of ketones is 2. The topological polar surface area (TPSA) is 222 Å². The zero-order valence-electron chi connectivity index (χ0n) is 16.8. The zero-order valence-corrected chi connectivity index (χ0v) is 16.8. The van der Waals surface area contributed by atoms with Gasteiger partial charge in [-0.3, -0.25) is 14.4 Å². The lowest BCUT2D eigenvalue weighted by Crippen LogP contribution is -2.57. The largest absolute Gasteiger partial charge is 0.508 e. The van der Waals surface area contributed by atoms with E-state index < -0.39 is 67.0 Å². The van der Waals surface area contributed by atoms with Crippen molar-refractivity contribution in [1.29, 1.82) is 0 Å². The Morgan fingerprint density at radius 1 is 1.13 bits per heavy atom. The average Bonchev–Trinajstić information content (AvgIpc) is 2.75. The summed E-state index contributed by atoms with van der Waals surface area (Å²) < 4.78 is 5.11. The van der Waals surface area contributed by atoms with E-state index in [-0.39, 0.29) is 12.2 Å². The predicted molar refractivity (Wildman–Crippen MR) is 105 cm³/mol. The van der Waals surface area contributed by atoms with Crippen LogP contribution < -0.4 is 16.8 Å². The Bertz CT molecular complexity index is 784. The number of esters is 1. The molecule has 0 aliphatic heterocycles. The van der Waals surface area contributed by atoms with Crippen LogP contribution in [-0.2, 0) is 30.3 Å². The maximum absolute atomic E-state index is 12.8. The molecule has 0 bridgehead atoms. The van der Waals surface area contributed by atoms with Crippen molar-refractivity contribution in [3.63, 3.8) is 0 Å². The second-order valence-electron chi connectivity index (χ2n) is 6.78. The Morgan fingerprint density at radius 2 is 1.71 bits per heavy atom. The Hall–Kier alpha value is -2.90. The lowest BCUT2D eigenvalue weighted by molar-refractivity contribution is -0.168. The molecule has 0 radical (unpaired) electrons. The van der Waals surface area contributed by atoms with E-state index in [1.165, 1.54) is 24.3 Å². The van der Waals surface area contributed by atoms with Crippen molar-refractivity contribution in [1.82, 2.24) is 5.32 Å². The van der Waals surface area contributed by atoms with Crippen molar-refractivity contribution in [3.05, 3.63) is 29.8 Å². The van der Waals surface area contributed by atoms with Crippen LogP contribution >= 0.6 is 0 Å². The first-order chi connectivity index (χ1) is 14.5. The summed E-state index contributed by atoms with van der Waals surface area (Å²) in [5, 5.41) is 40.7. The average molecular weight is 441 g/mol. The number of aliphatic hydroxyl groups excluding tert-OH is 3. The van der Waals surface area contributed by atoms with Crippen LogP contribution in [0, 0.1) is 0 Å². The van der Waals surface area contributed by atoms with E-state index in [1.807, 2.05) is 0 Å². The SMILES string of the molecule is CC(=O)C(=O)[C@H](N)[C@@H](OC(=O)[C@H](Cc1ccc(O)cc1)NC(=O)CN)[C@@H](O)[C@H](O)CO. The van der Waals surface area contributed by atoms with Gasteiger partial charge in [-0.25, -0.2) is 4.79 Å². The molecular weight excluding hydrogens is 414 g/mol. The maximum atomic E-state index is 12.8. The number of phenols is 1. The highest BCUT2D eigenvalue weighted by Gasteiger charge is 2.40. The first-order valence-electron chi connectivity index (χ1n) is 9.27. The molecule has 172 valence electrons. The number of phenolic OH excluding ortho intramolecular Hbond substituents is 1. The third kappa shape index (κ3) is 7.70. The fourth-order valence-corrected chi connectivity index (χ4v) is 2.60. The minimum atomic E-state index is -2.01. The predicted octanol–water partition coefficient (Wildman–Crippen LogP) is -3.51. The quantitative estimate of drug-likeness (QED) is 0.124. The molecule has 9 N–H and O–H groups in total. The number of carbonyl (C=O) groups excluding carboxylic acids is 4. The number of Topliss-reactive ketones (excluding diaryl/α,β-unsaturated/α-hetero) is 2. The molecule has 12 heteroatoms. The van der Waals surface area contributed by atoms with Crippen molar-refractivity contribution in [3.8, 4) is 5.75 Å². The fourth-order valence-electron chi connectivity index (χ4n) is 2.60. The van der Waals surface area contributed by atoms with Crippen molar-refractivity contribution >= 4 is 23.4 Å². The summed E-state index contributed by atoms with van der Waals surface area (Å²) >= 11 is 0. The molecule has 0 aromatic heterocycles. The number of aliphatic hydroxyl groups is 3. The molecular formula is C19H27N3O9. The molecule has 0 saturated carbocycles. The second-order valence-corrected chi connectivity index (χ2v) is 6.78. The Labute approximate surface area is 177 Å². The van der Waals surface area contributed by atoms with Crippen LogP contribution in [0.2, 0.25) is 0 Å². The summed E-state index contributed by atoms with van der Waals surface area (Å²) in [6.45, 7) is -0.473.